The normalized spacial score (nSPS) is 20.3. The SMILES string of the molecule is O=[N+]([O-])c1cc2sc(N3CCOCC3)nc2nc1-c1cnn(C2CCCCO2)c1. The maximum Gasteiger partial charge on any atom is 0.297 e. The molecule has 3 aromatic heterocycles. The highest BCUT2D eigenvalue weighted by Crippen LogP contribution is 2.36. The Morgan fingerprint density at radius 1 is 1.21 bits per heavy atom. The van der Waals surface area contributed by atoms with Crippen LogP contribution in [0.15, 0.2) is 18.5 Å². The lowest BCUT2D eigenvalue weighted by atomic mass is 10.2. The fourth-order valence-electron chi connectivity index (χ4n) is 3.63. The number of fused-ring (bicyclic) bond motifs is 1. The van der Waals surface area contributed by atoms with E-state index in [9.17, 15) is 10.1 Å². The maximum atomic E-state index is 11.7. The minimum absolute atomic E-state index is 0.0428. The van der Waals surface area contributed by atoms with Crippen LogP contribution in [0.1, 0.15) is 25.5 Å². The molecule has 29 heavy (non-hydrogen) atoms. The van der Waals surface area contributed by atoms with Crippen molar-refractivity contribution < 1.29 is 14.4 Å². The van der Waals surface area contributed by atoms with E-state index in [4.69, 9.17) is 9.47 Å². The van der Waals surface area contributed by atoms with Crippen LogP contribution in [-0.4, -0.2) is 57.6 Å². The molecule has 2 saturated heterocycles. The summed E-state index contributed by atoms with van der Waals surface area (Å²) in [6, 6.07) is 1.56. The van der Waals surface area contributed by atoms with Gasteiger partial charge in [0.2, 0.25) is 0 Å². The number of ether oxygens (including phenoxy) is 2. The molecule has 0 amide bonds. The first kappa shape index (κ1) is 18.4. The van der Waals surface area contributed by atoms with Crippen molar-refractivity contribution in [2.45, 2.75) is 25.5 Å². The summed E-state index contributed by atoms with van der Waals surface area (Å²) in [6.07, 6.45) is 6.25. The number of rotatable bonds is 4. The van der Waals surface area contributed by atoms with Gasteiger partial charge in [0.25, 0.3) is 5.69 Å². The average molecular weight is 416 g/mol. The first-order chi connectivity index (χ1) is 14.2. The third-order valence-electron chi connectivity index (χ3n) is 5.16. The Labute approximate surface area is 170 Å². The monoisotopic (exact) mass is 416 g/mol. The predicted molar refractivity (Wildman–Crippen MR) is 107 cm³/mol. The molecule has 0 radical (unpaired) electrons. The highest BCUT2D eigenvalue weighted by molar-refractivity contribution is 7.22. The van der Waals surface area contributed by atoms with Crippen LogP contribution in [0, 0.1) is 10.1 Å². The summed E-state index contributed by atoms with van der Waals surface area (Å²) in [4.78, 5) is 22.6. The van der Waals surface area contributed by atoms with Gasteiger partial charge in [-0.3, -0.25) is 10.1 Å². The molecule has 11 heteroatoms. The fourth-order valence-corrected chi connectivity index (χ4v) is 4.63. The molecule has 5 heterocycles. The van der Waals surface area contributed by atoms with Crippen molar-refractivity contribution in [3.63, 3.8) is 0 Å². The fraction of sp³-hybridized carbons (Fsp3) is 0.500. The van der Waals surface area contributed by atoms with E-state index in [1.54, 1.807) is 23.1 Å². The molecule has 0 spiro atoms. The topological polar surface area (TPSA) is 108 Å². The molecular weight excluding hydrogens is 396 g/mol. The van der Waals surface area contributed by atoms with E-state index in [0.29, 0.717) is 35.7 Å². The zero-order valence-electron chi connectivity index (χ0n) is 15.7. The summed E-state index contributed by atoms with van der Waals surface area (Å²) in [5, 5.41) is 16.9. The van der Waals surface area contributed by atoms with Gasteiger partial charge in [-0.2, -0.15) is 10.1 Å². The Morgan fingerprint density at radius 2 is 2.07 bits per heavy atom. The van der Waals surface area contributed by atoms with Crippen LogP contribution in [0.5, 0.6) is 0 Å². The smallest absolute Gasteiger partial charge is 0.297 e. The molecule has 2 aliphatic rings. The van der Waals surface area contributed by atoms with E-state index in [2.05, 4.69) is 20.0 Å². The van der Waals surface area contributed by atoms with Gasteiger partial charge in [0, 0.05) is 37.5 Å². The highest BCUT2D eigenvalue weighted by Gasteiger charge is 2.25. The number of thiazole rings is 1. The highest BCUT2D eigenvalue weighted by atomic mass is 32.1. The lowest BCUT2D eigenvalue weighted by Gasteiger charge is -2.25. The Kier molecular flexibility index (Phi) is 4.86. The zero-order valence-corrected chi connectivity index (χ0v) is 16.5. The van der Waals surface area contributed by atoms with E-state index in [1.165, 1.54) is 11.3 Å². The van der Waals surface area contributed by atoms with Gasteiger partial charge < -0.3 is 14.4 Å². The summed E-state index contributed by atoms with van der Waals surface area (Å²) < 4.78 is 13.6. The van der Waals surface area contributed by atoms with Crippen LogP contribution < -0.4 is 4.90 Å². The van der Waals surface area contributed by atoms with Gasteiger partial charge in [0.05, 0.1) is 29.0 Å². The number of morpholine rings is 1. The quantitative estimate of drug-likeness (QED) is 0.472. The lowest BCUT2D eigenvalue weighted by Crippen LogP contribution is -2.36. The summed E-state index contributed by atoms with van der Waals surface area (Å²) in [5.74, 6) is 0. The van der Waals surface area contributed by atoms with Crippen LogP contribution in [-0.2, 0) is 9.47 Å². The first-order valence-corrected chi connectivity index (χ1v) is 10.5. The molecule has 2 aliphatic heterocycles. The Balaban J connectivity index is 1.52. The minimum Gasteiger partial charge on any atom is -0.378 e. The van der Waals surface area contributed by atoms with Gasteiger partial charge in [-0.05, 0) is 19.3 Å². The van der Waals surface area contributed by atoms with Gasteiger partial charge in [-0.15, -0.1) is 0 Å². The first-order valence-electron chi connectivity index (χ1n) is 9.64. The molecule has 152 valence electrons. The standard InChI is InChI=1S/C18H20N6O4S/c25-24(26)13-9-14-17(21-18(29-14)22-4-7-27-8-5-22)20-16(13)12-10-19-23(11-12)15-3-1-2-6-28-15/h9-11,15H,1-8H2. The van der Waals surface area contributed by atoms with Gasteiger partial charge in [-0.1, -0.05) is 11.3 Å². The van der Waals surface area contributed by atoms with Crippen LogP contribution in [0.2, 0.25) is 0 Å². The van der Waals surface area contributed by atoms with Gasteiger partial charge in [0.15, 0.2) is 16.5 Å². The van der Waals surface area contributed by atoms with Crippen LogP contribution in [0.25, 0.3) is 21.6 Å². The average Bonchev–Trinajstić information content (AvgIpc) is 3.41. The predicted octanol–water partition coefficient (Wildman–Crippen LogP) is 3.00. The van der Waals surface area contributed by atoms with Crippen LogP contribution in [0.4, 0.5) is 10.8 Å². The van der Waals surface area contributed by atoms with E-state index in [1.807, 2.05) is 0 Å². The molecular formula is C18H20N6O4S. The number of pyridine rings is 1. The van der Waals surface area contributed by atoms with E-state index in [0.717, 1.165) is 37.5 Å². The Morgan fingerprint density at radius 3 is 2.83 bits per heavy atom. The Bertz CT molecular complexity index is 1040. The van der Waals surface area contributed by atoms with E-state index in [-0.39, 0.29) is 17.6 Å². The van der Waals surface area contributed by atoms with Gasteiger partial charge >= 0.3 is 0 Å². The molecule has 0 bridgehead atoms. The molecule has 0 aromatic carbocycles. The minimum atomic E-state index is -0.398. The molecule has 1 atom stereocenters. The van der Waals surface area contributed by atoms with Crippen molar-refractivity contribution in [2.24, 2.45) is 0 Å². The summed E-state index contributed by atoms with van der Waals surface area (Å²) >= 11 is 1.42. The van der Waals surface area contributed by atoms with E-state index < -0.39 is 4.92 Å². The van der Waals surface area contributed by atoms with Crippen LogP contribution in [0.3, 0.4) is 0 Å². The number of nitrogens with zero attached hydrogens (tertiary/aromatic N) is 6. The van der Waals surface area contributed by atoms with Crippen molar-refractivity contribution in [3.8, 4) is 11.3 Å². The second-order valence-corrected chi connectivity index (χ2v) is 8.07. The lowest BCUT2D eigenvalue weighted by molar-refractivity contribution is -0.384. The van der Waals surface area contributed by atoms with Crippen molar-refractivity contribution in [1.82, 2.24) is 19.7 Å². The van der Waals surface area contributed by atoms with Crippen LogP contribution >= 0.6 is 11.3 Å². The summed E-state index contributed by atoms with van der Waals surface area (Å²) in [5.41, 5.74) is 1.34. The molecule has 2 fully saturated rings. The maximum absolute atomic E-state index is 11.7. The van der Waals surface area contributed by atoms with Crippen molar-refractivity contribution in [1.29, 1.82) is 0 Å². The number of aromatic nitrogens is 4. The third kappa shape index (κ3) is 3.56. The largest absolute Gasteiger partial charge is 0.378 e. The molecule has 3 aromatic rings. The molecule has 5 rings (SSSR count). The van der Waals surface area contributed by atoms with Crippen molar-refractivity contribution in [3.05, 3.63) is 28.6 Å². The molecule has 0 saturated carbocycles. The zero-order chi connectivity index (χ0) is 19.8. The van der Waals surface area contributed by atoms with E-state index >= 15 is 0 Å². The third-order valence-corrected chi connectivity index (χ3v) is 6.21. The number of hydrogen-bond donors (Lipinski definition) is 0. The number of nitro groups is 1. The summed E-state index contributed by atoms with van der Waals surface area (Å²) in [6.45, 7) is 3.51. The second kappa shape index (κ2) is 7.65. The Hall–Kier alpha value is -2.63. The van der Waals surface area contributed by atoms with Gasteiger partial charge in [-0.25, -0.2) is 9.67 Å². The summed E-state index contributed by atoms with van der Waals surface area (Å²) in [7, 11) is 0. The molecule has 1 unspecified atom stereocenters. The van der Waals surface area contributed by atoms with Crippen molar-refractivity contribution >= 4 is 32.5 Å². The number of hydrogen-bond acceptors (Lipinski definition) is 9. The van der Waals surface area contributed by atoms with Crippen molar-refractivity contribution in [2.75, 3.05) is 37.8 Å². The second-order valence-electron chi connectivity index (χ2n) is 7.06. The molecule has 0 N–H and O–H groups in total. The molecule has 10 nitrogen and oxygen atoms in total. The number of anilines is 1. The molecule has 0 aliphatic carbocycles. The van der Waals surface area contributed by atoms with Gasteiger partial charge in [0.1, 0.15) is 6.23 Å².